The predicted octanol–water partition coefficient (Wildman–Crippen LogP) is 1.01. The van der Waals surface area contributed by atoms with Crippen LogP contribution in [0.4, 0.5) is 0 Å². The van der Waals surface area contributed by atoms with E-state index in [1.807, 2.05) is 12.1 Å². The largest absolute Gasteiger partial charge is 0.470 e. The Balaban J connectivity index is 2.35. The van der Waals surface area contributed by atoms with E-state index in [0.29, 0.717) is 5.21 Å². The Kier molecular flexibility index (Phi) is 2.48. The molecule has 0 bridgehead atoms. The van der Waals surface area contributed by atoms with Crippen LogP contribution in [0.2, 0.25) is 5.21 Å². The molecule has 0 spiro atoms. The molecule has 0 radical (unpaired) electrons. The Bertz CT molecular complexity index is 198. The Hall–Kier alpha value is -0.590. The minimum absolute atomic E-state index is 0.410. The topological polar surface area (TPSA) is 13.1 Å². The van der Waals surface area contributed by atoms with Crippen molar-refractivity contribution in [2.75, 3.05) is 0 Å². The standard InChI is InChI=1S/C8H14B2O/c1-8(2,9)10-6-7-4-3-5-11-7/h3-5,10H,6,9H2,1-2H3. The molecule has 11 heavy (non-hydrogen) atoms. The van der Waals surface area contributed by atoms with Crippen molar-refractivity contribution in [3.8, 4) is 0 Å². The first kappa shape index (κ1) is 8.51. The van der Waals surface area contributed by atoms with Gasteiger partial charge in [-0.2, -0.15) is 0 Å². The average Bonchev–Trinajstić information content (AvgIpc) is 2.32. The zero-order valence-electron chi connectivity index (χ0n) is 7.55. The van der Waals surface area contributed by atoms with Crippen LogP contribution >= 0.6 is 0 Å². The van der Waals surface area contributed by atoms with Gasteiger partial charge < -0.3 is 4.42 Å². The van der Waals surface area contributed by atoms with E-state index in [1.165, 1.54) is 7.28 Å². The van der Waals surface area contributed by atoms with Gasteiger partial charge in [0.05, 0.1) is 19.9 Å². The minimum Gasteiger partial charge on any atom is -0.470 e. The van der Waals surface area contributed by atoms with Gasteiger partial charge >= 0.3 is 0 Å². The molecule has 0 unspecified atom stereocenters. The summed E-state index contributed by atoms with van der Waals surface area (Å²) in [5, 5.41) is 0.410. The molecule has 0 aliphatic carbocycles. The van der Waals surface area contributed by atoms with Crippen LogP contribution in [0.25, 0.3) is 0 Å². The number of rotatable bonds is 3. The second-order valence-electron chi connectivity index (χ2n) is 4.14. The Morgan fingerprint density at radius 2 is 2.36 bits per heavy atom. The Morgan fingerprint density at radius 1 is 1.64 bits per heavy atom. The molecule has 1 heterocycles. The molecule has 1 aromatic heterocycles. The molecule has 3 heteroatoms. The molecule has 0 aliphatic heterocycles. The average molecular weight is 148 g/mol. The number of hydrogen-bond acceptors (Lipinski definition) is 1. The Labute approximate surface area is 69.8 Å². The molecule has 0 amide bonds. The van der Waals surface area contributed by atoms with Crippen LogP contribution in [0.3, 0.4) is 0 Å². The van der Waals surface area contributed by atoms with Gasteiger partial charge in [0.25, 0.3) is 0 Å². The first-order chi connectivity index (χ1) is 5.08. The third kappa shape index (κ3) is 3.35. The van der Waals surface area contributed by atoms with Crippen molar-refractivity contribution in [2.24, 2.45) is 0 Å². The summed E-state index contributed by atoms with van der Waals surface area (Å²) in [5.74, 6) is 1.10. The molecule has 1 aromatic rings. The first-order valence-corrected chi connectivity index (χ1v) is 4.10. The van der Waals surface area contributed by atoms with E-state index >= 15 is 0 Å². The molecular weight excluding hydrogens is 134 g/mol. The van der Waals surface area contributed by atoms with E-state index in [1.54, 1.807) is 6.26 Å². The van der Waals surface area contributed by atoms with Crippen LogP contribution in [0.5, 0.6) is 0 Å². The van der Waals surface area contributed by atoms with E-state index in [0.717, 1.165) is 12.1 Å². The monoisotopic (exact) mass is 148 g/mol. The van der Waals surface area contributed by atoms with E-state index in [2.05, 4.69) is 21.7 Å². The van der Waals surface area contributed by atoms with Crippen LogP contribution in [0, 0.1) is 0 Å². The fraction of sp³-hybridized carbons (Fsp3) is 0.500. The maximum absolute atomic E-state index is 5.23. The van der Waals surface area contributed by atoms with Crippen molar-refractivity contribution >= 4 is 15.1 Å². The van der Waals surface area contributed by atoms with Gasteiger partial charge in [-0.15, -0.1) is 0 Å². The summed E-state index contributed by atoms with van der Waals surface area (Å²) in [5.41, 5.74) is 0. The van der Waals surface area contributed by atoms with Crippen molar-refractivity contribution in [3.63, 3.8) is 0 Å². The van der Waals surface area contributed by atoms with Crippen LogP contribution in [0.15, 0.2) is 22.8 Å². The van der Waals surface area contributed by atoms with Gasteiger partial charge in [0.2, 0.25) is 0 Å². The first-order valence-electron chi connectivity index (χ1n) is 4.10. The zero-order chi connectivity index (χ0) is 8.32. The van der Waals surface area contributed by atoms with Gasteiger partial charge in [0.1, 0.15) is 7.28 Å². The van der Waals surface area contributed by atoms with Crippen molar-refractivity contribution in [2.45, 2.75) is 25.4 Å². The predicted molar refractivity (Wildman–Crippen MR) is 52.1 cm³/mol. The second-order valence-corrected chi connectivity index (χ2v) is 4.14. The van der Waals surface area contributed by atoms with Crippen LogP contribution in [0.1, 0.15) is 19.6 Å². The van der Waals surface area contributed by atoms with Gasteiger partial charge in [-0.25, -0.2) is 0 Å². The van der Waals surface area contributed by atoms with Crippen LogP contribution in [-0.2, 0) is 6.32 Å². The van der Waals surface area contributed by atoms with Gasteiger partial charge in [-0.3, -0.25) is 0 Å². The zero-order valence-corrected chi connectivity index (χ0v) is 7.55. The van der Waals surface area contributed by atoms with Gasteiger partial charge in [-0.05, 0) is 18.5 Å². The van der Waals surface area contributed by atoms with E-state index in [4.69, 9.17) is 4.42 Å². The SMILES string of the molecule is BC(C)(C)BCc1ccco1. The summed E-state index contributed by atoms with van der Waals surface area (Å²) >= 11 is 0. The molecule has 58 valence electrons. The molecule has 0 fully saturated rings. The molecule has 0 aromatic carbocycles. The number of furan rings is 1. The third-order valence-corrected chi connectivity index (χ3v) is 1.70. The highest BCUT2D eigenvalue weighted by Crippen LogP contribution is 2.17. The molecule has 0 atom stereocenters. The summed E-state index contributed by atoms with van der Waals surface area (Å²) in [6.07, 6.45) is 2.79. The smallest absolute Gasteiger partial charge is 0.127 e. The second kappa shape index (κ2) is 3.21. The molecule has 0 saturated heterocycles. The highest BCUT2D eigenvalue weighted by Gasteiger charge is 2.12. The third-order valence-electron chi connectivity index (χ3n) is 1.70. The maximum atomic E-state index is 5.23. The van der Waals surface area contributed by atoms with Gasteiger partial charge in [0, 0.05) is 0 Å². The lowest BCUT2D eigenvalue weighted by Gasteiger charge is -2.14. The van der Waals surface area contributed by atoms with Crippen LogP contribution in [-0.4, -0.2) is 15.1 Å². The lowest BCUT2D eigenvalue weighted by Crippen LogP contribution is -2.14. The van der Waals surface area contributed by atoms with Gasteiger partial charge in [0.15, 0.2) is 0 Å². The van der Waals surface area contributed by atoms with Crippen molar-refractivity contribution in [1.29, 1.82) is 0 Å². The lowest BCUT2D eigenvalue weighted by atomic mass is 9.43. The van der Waals surface area contributed by atoms with Crippen molar-refractivity contribution in [1.82, 2.24) is 0 Å². The van der Waals surface area contributed by atoms with Gasteiger partial charge in [-0.1, -0.05) is 19.1 Å². The maximum Gasteiger partial charge on any atom is 0.127 e. The highest BCUT2D eigenvalue weighted by molar-refractivity contribution is 6.52. The summed E-state index contributed by atoms with van der Waals surface area (Å²) in [7, 11) is 3.43. The highest BCUT2D eigenvalue weighted by atomic mass is 16.3. The lowest BCUT2D eigenvalue weighted by molar-refractivity contribution is 0.527. The van der Waals surface area contributed by atoms with Crippen LogP contribution < -0.4 is 0 Å². The Morgan fingerprint density at radius 3 is 2.82 bits per heavy atom. The van der Waals surface area contributed by atoms with E-state index in [-0.39, 0.29) is 0 Å². The fourth-order valence-electron chi connectivity index (χ4n) is 0.953. The summed E-state index contributed by atoms with van der Waals surface area (Å²) in [6.45, 7) is 4.49. The van der Waals surface area contributed by atoms with E-state index in [9.17, 15) is 0 Å². The molecule has 0 N–H and O–H groups in total. The van der Waals surface area contributed by atoms with E-state index < -0.39 is 0 Å². The van der Waals surface area contributed by atoms with Crippen molar-refractivity contribution in [3.05, 3.63) is 24.2 Å². The fourth-order valence-corrected chi connectivity index (χ4v) is 0.953. The molecule has 0 aliphatic rings. The number of hydrogen-bond donors (Lipinski definition) is 0. The van der Waals surface area contributed by atoms with Crippen molar-refractivity contribution < 1.29 is 4.42 Å². The molecule has 1 rings (SSSR count). The molecular formula is C8H14B2O. The summed E-state index contributed by atoms with van der Waals surface area (Å²) in [6, 6.07) is 3.98. The minimum atomic E-state index is 0.410. The molecule has 0 saturated carbocycles. The summed E-state index contributed by atoms with van der Waals surface area (Å²) < 4.78 is 5.23. The normalized spacial score (nSPS) is 11.5. The quantitative estimate of drug-likeness (QED) is 0.582. The molecule has 1 nitrogen and oxygen atoms in total. The summed E-state index contributed by atoms with van der Waals surface area (Å²) in [4.78, 5) is 0.